The number of nitrogens with one attached hydrogen (secondary N) is 1. The van der Waals surface area contributed by atoms with E-state index in [9.17, 15) is 0 Å². The van der Waals surface area contributed by atoms with Crippen LogP contribution < -0.4 is 15.8 Å². The van der Waals surface area contributed by atoms with Crippen molar-refractivity contribution < 1.29 is 4.74 Å². The Hall–Kier alpha value is -1.83. The number of rotatable bonds is 5. The topological polar surface area (TPSA) is 72.5 Å². The van der Waals surface area contributed by atoms with Crippen LogP contribution >= 0.6 is 24.0 Å². The number of nitrogens with two attached hydrogens (primary N) is 1. The number of aromatic nitrogens is 1. The number of benzene rings is 1. The van der Waals surface area contributed by atoms with Crippen LogP contribution in [0.5, 0.6) is 5.88 Å². The minimum Gasteiger partial charge on any atom is -0.474 e. The molecule has 5 nitrogen and oxygen atoms in total. The highest BCUT2D eigenvalue weighted by atomic mass is 127. The SMILES string of the molecule is Cc1ccc(NC(N)=NCc2ccc(OC3CCCC3)nc2)cc1.I. The second-order valence-electron chi connectivity index (χ2n) is 6.22. The number of hydrogen-bond donors (Lipinski definition) is 2. The molecule has 0 bridgehead atoms. The highest BCUT2D eigenvalue weighted by molar-refractivity contribution is 14.0. The first kappa shape index (κ1) is 19.5. The number of guanidine groups is 1. The third-order valence-corrected chi connectivity index (χ3v) is 4.14. The van der Waals surface area contributed by atoms with E-state index in [1.165, 1.54) is 18.4 Å². The van der Waals surface area contributed by atoms with Gasteiger partial charge in [0.15, 0.2) is 5.96 Å². The van der Waals surface area contributed by atoms with Gasteiger partial charge in [-0.05, 0) is 50.3 Å². The third kappa shape index (κ3) is 6.19. The van der Waals surface area contributed by atoms with Crippen LogP contribution in [0, 0.1) is 6.92 Å². The predicted octanol–water partition coefficient (Wildman–Crippen LogP) is 4.26. The van der Waals surface area contributed by atoms with Crippen LogP contribution in [0.25, 0.3) is 0 Å². The number of nitrogens with zero attached hydrogens (tertiary/aromatic N) is 2. The molecule has 0 unspecified atom stereocenters. The fraction of sp³-hybridized carbons (Fsp3) is 0.368. The van der Waals surface area contributed by atoms with Gasteiger partial charge in [0, 0.05) is 18.0 Å². The summed E-state index contributed by atoms with van der Waals surface area (Å²) >= 11 is 0. The van der Waals surface area contributed by atoms with Crippen LogP contribution in [0.3, 0.4) is 0 Å². The predicted molar refractivity (Wildman–Crippen MR) is 113 cm³/mol. The van der Waals surface area contributed by atoms with E-state index in [-0.39, 0.29) is 24.0 Å². The van der Waals surface area contributed by atoms with Gasteiger partial charge in [0.2, 0.25) is 5.88 Å². The summed E-state index contributed by atoms with van der Waals surface area (Å²) in [4.78, 5) is 8.71. The molecule has 0 atom stereocenters. The average molecular weight is 452 g/mol. The van der Waals surface area contributed by atoms with Gasteiger partial charge in [-0.15, -0.1) is 24.0 Å². The molecule has 25 heavy (non-hydrogen) atoms. The quantitative estimate of drug-likeness (QED) is 0.404. The van der Waals surface area contributed by atoms with Gasteiger partial charge in [0.25, 0.3) is 0 Å². The molecule has 1 aliphatic rings. The van der Waals surface area contributed by atoms with Crippen LogP contribution in [0.15, 0.2) is 47.6 Å². The van der Waals surface area contributed by atoms with E-state index in [0.29, 0.717) is 24.5 Å². The summed E-state index contributed by atoms with van der Waals surface area (Å²) in [6, 6.07) is 11.9. The zero-order valence-corrected chi connectivity index (χ0v) is 16.8. The van der Waals surface area contributed by atoms with Crippen LogP contribution in [-0.2, 0) is 6.54 Å². The summed E-state index contributed by atoms with van der Waals surface area (Å²) in [5.41, 5.74) is 9.07. The van der Waals surface area contributed by atoms with E-state index in [1.807, 2.05) is 43.3 Å². The second-order valence-corrected chi connectivity index (χ2v) is 6.22. The summed E-state index contributed by atoms with van der Waals surface area (Å²) in [5.74, 6) is 1.09. The highest BCUT2D eigenvalue weighted by Gasteiger charge is 2.16. The van der Waals surface area contributed by atoms with Gasteiger partial charge in [-0.3, -0.25) is 0 Å². The Morgan fingerprint density at radius 2 is 1.92 bits per heavy atom. The molecule has 2 aromatic rings. The van der Waals surface area contributed by atoms with Crippen molar-refractivity contribution in [2.24, 2.45) is 10.7 Å². The van der Waals surface area contributed by atoms with Gasteiger partial charge in [0.1, 0.15) is 6.10 Å². The lowest BCUT2D eigenvalue weighted by Crippen LogP contribution is -2.22. The maximum atomic E-state index is 5.92. The van der Waals surface area contributed by atoms with Gasteiger partial charge >= 0.3 is 0 Å². The van der Waals surface area contributed by atoms with Crippen molar-refractivity contribution in [3.05, 3.63) is 53.7 Å². The normalized spacial score (nSPS) is 14.8. The van der Waals surface area contributed by atoms with Crippen LogP contribution in [0.1, 0.15) is 36.8 Å². The number of ether oxygens (including phenoxy) is 1. The van der Waals surface area contributed by atoms with Crippen LogP contribution in [0.4, 0.5) is 5.69 Å². The van der Waals surface area contributed by atoms with Crippen LogP contribution in [0.2, 0.25) is 0 Å². The third-order valence-electron chi connectivity index (χ3n) is 4.14. The second kappa shape index (κ2) is 9.60. The number of anilines is 1. The molecule has 0 amide bonds. The summed E-state index contributed by atoms with van der Waals surface area (Å²) < 4.78 is 5.86. The summed E-state index contributed by atoms with van der Waals surface area (Å²) in [6.45, 7) is 2.54. The fourth-order valence-electron chi connectivity index (χ4n) is 2.75. The largest absolute Gasteiger partial charge is 0.474 e. The number of aliphatic imine (C=N–C) groups is 1. The fourth-order valence-corrected chi connectivity index (χ4v) is 2.75. The number of halogens is 1. The Morgan fingerprint density at radius 1 is 1.20 bits per heavy atom. The zero-order valence-electron chi connectivity index (χ0n) is 14.4. The minimum atomic E-state index is 0. The maximum absolute atomic E-state index is 5.92. The summed E-state index contributed by atoms with van der Waals surface area (Å²) in [5, 5.41) is 3.08. The molecule has 1 saturated carbocycles. The van der Waals surface area contributed by atoms with Crippen molar-refractivity contribution in [1.29, 1.82) is 0 Å². The molecule has 1 heterocycles. The molecular weight excluding hydrogens is 427 g/mol. The molecule has 1 aliphatic carbocycles. The lowest BCUT2D eigenvalue weighted by atomic mass is 10.2. The lowest BCUT2D eigenvalue weighted by molar-refractivity contribution is 0.201. The minimum absolute atomic E-state index is 0. The van der Waals surface area contributed by atoms with E-state index in [1.54, 1.807) is 6.20 Å². The molecule has 1 aromatic heterocycles. The van der Waals surface area contributed by atoms with E-state index in [4.69, 9.17) is 10.5 Å². The van der Waals surface area contributed by atoms with Crippen molar-refractivity contribution in [2.45, 2.75) is 45.3 Å². The molecule has 0 aliphatic heterocycles. The van der Waals surface area contributed by atoms with E-state index in [0.717, 1.165) is 24.1 Å². The van der Waals surface area contributed by atoms with Crippen LogP contribution in [-0.4, -0.2) is 17.0 Å². The highest BCUT2D eigenvalue weighted by Crippen LogP contribution is 2.22. The molecule has 1 aromatic carbocycles. The Morgan fingerprint density at radius 3 is 2.56 bits per heavy atom. The van der Waals surface area contributed by atoms with E-state index < -0.39 is 0 Å². The molecular formula is C19H25IN4O. The van der Waals surface area contributed by atoms with Gasteiger partial charge in [-0.2, -0.15) is 0 Å². The Bertz CT molecular complexity index is 680. The molecule has 3 rings (SSSR count). The first-order chi connectivity index (χ1) is 11.7. The van der Waals surface area contributed by atoms with E-state index >= 15 is 0 Å². The van der Waals surface area contributed by atoms with Gasteiger partial charge in [0.05, 0.1) is 6.54 Å². The molecule has 3 N–H and O–H groups in total. The number of hydrogen-bond acceptors (Lipinski definition) is 3. The average Bonchev–Trinajstić information content (AvgIpc) is 3.09. The van der Waals surface area contributed by atoms with Crippen molar-refractivity contribution in [3.63, 3.8) is 0 Å². The molecule has 6 heteroatoms. The molecule has 0 saturated heterocycles. The Kier molecular flexibility index (Phi) is 7.49. The first-order valence-electron chi connectivity index (χ1n) is 8.44. The lowest BCUT2D eigenvalue weighted by Gasteiger charge is -2.11. The number of pyridine rings is 1. The van der Waals surface area contributed by atoms with Crippen molar-refractivity contribution in [1.82, 2.24) is 4.98 Å². The monoisotopic (exact) mass is 452 g/mol. The zero-order chi connectivity index (χ0) is 16.8. The molecule has 134 valence electrons. The number of aryl methyl sites for hydroxylation is 1. The van der Waals surface area contributed by atoms with Gasteiger partial charge in [-0.1, -0.05) is 23.8 Å². The Balaban J connectivity index is 0.00000225. The summed E-state index contributed by atoms with van der Waals surface area (Å²) in [7, 11) is 0. The molecule has 0 radical (unpaired) electrons. The smallest absolute Gasteiger partial charge is 0.213 e. The van der Waals surface area contributed by atoms with Crippen molar-refractivity contribution in [2.75, 3.05) is 5.32 Å². The maximum Gasteiger partial charge on any atom is 0.213 e. The van der Waals surface area contributed by atoms with Gasteiger partial charge < -0.3 is 15.8 Å². The molecule has 1 fully saturated rings. The molecule has 0 spiro atoms. The standard InChI is InChI=1S/C19H24N4O.HI/c1-14-6-9-16(10-7-14)23-19(20)22-13-15-8-11-18(21-12-15)24-17-4-2-3-5-17;/h6-12,17H,2-5,13H2,1H3,(H3,20,22,23);1H. The van der Waals surface area contributed by atoms with E-state index in [2.05, 4.69) is 15.3 Å². The van der Waals surface area contributed by atoms with Crippen molar-refractivity contribution in [3.8, 4) is 5.88 Å². The summed E-state index contributed by atoms with van der Waals surface area (Å²) in [6.07, 6.45) is 6.91. The first-order valence-corrected chi connectivity index (χ1v) is 8.44. The Labute approximate surface area is 166 Å². The van der Waals surface area contributed by atoms with Crippen molar-refractivity contribution >= 4 is 35.6 Å². The van der Waals surface area contributed by atoms with Gasteiger partial charge in [-0.25, -0.2) is 9.98 Å².